The van der Waals surface area contributed by atoms with E-state index in [0.29, 0.717) is 16.4 Å². The molecule has 7 nitrogen and oxygen atoms in total. The van der Waals surface area contributed by atoms with Gasteiger partial charge in [-0.15, -0.1) is 22.7 Å². The summed E-state index contributed by atoms with van der Waals surface area (Å²) in [6.07, 6.45) is 3.19. The lowest BCUT2D eigenvalue weighted by atomic mass is 10.3. The Balaban J connectivity index is 1.33. The molecule has 29 heavy (non-hydrogen) atoms. The number of rotatable bonds is 5. The minimum absolute atomic E-state index is 0.0758. The molecule has 0 aliphatic heterocycles. The van der Waals surface area contributed by atoms with Gasteiger partial charge in [-0.1, -0.05) is 11.8 Å². The van der Waals surface area contributed by atoms with Gasteiger partial charge in [-0.05, 0) is 30.3 Å². The third kappa shape index (κ3) is 3.69. The Labute approximate surface area is 176 Å². The third-order valence-electron chi connectivity index (χ3n) is 4.07. The van der Waals surface area contributed by atoms with Gasteiger partial charge in [0.25, 0.3) is 11.5 Å². The molecule has 5 rings (SSSR count). The van der Waals surface area contributed by atoms with E-state index in [0.717, 1.165) is 20.3 Å². The predicted molar refractivity (Wildman–Crippen MR) is 115 cm³/mol. The number of hydrogen-bond acceptors (Lipinski definition) is 8. The van der Waals surface area contributed by atoms with Crippen LogP contribution in [-0.4, -0.2) is 20.3 Å². The van der Waals surface area contributed by atoms with Crippen LogP contribution in [0.1, 0.15) is 16.2 Å². The molecule has 0 radical (unpaired) electrons. The van der Waals surface area contributed by atoms with Crippen molar-refractivity contribution in [3.8, 4) is 0 Å². The van der Waals surface area contributed by atoms with E-state index >= 15 is 0 Å². The molecule has 0 saturated carbocycles. The molecule has 0 unspecified atom stereocenters. The summed E-state index contributed by atoms with van der Waals surface area (Å²) in [5.41, 5.74) is 2.19. The highest BCUT2D eigenvalue weighted by Gasteiger charge is 2.11. The van der Waals surface area contributed by atoms with Crippen molar-refractivity contribution in [2.45, 2.75) is 10.1 Å². The van der Waals surface area contributed by atoms with Crippen LogP contribution in [0.3, 0.4) is 0 Å². The second-order valence-electron chi connectivity index (χ2n) is 6.02. The van der Waals surface area contributed by atoms with Gasteiger partial charge >= 0.3 is 0 Å². The van der Waals surface area contributed by atoms with Crippen molar-refractivity contribution in [3.63, 3.8) is 0 Å². The van der Waals surface area contributed by atoms with Crippen molar-refractivity contribution in [2.24, 2.45) is 0 Å². The summed E-state index contributed by atoms with van der Waals surface area (Å²) in [5, 5.41) is 4.66. The number of anilines is 1. The van der Waals surface area contributed by atoms with Crippen LogP contribution < -0.4 is 10.9 Å². The van der Waals surface area contributed by atoms with E-state index in [4.69, 9.17) is 4.42 Å². The van der Waals surface area contributed by atoms with Crippen LogP contribution in [0.25, 0.3) is 15.2 Å². The number of benzene rings is 1. The van der Waals surface area contributed by atoms with Gasteiger partial charge in [0.1, 0.15) is 0 Å². The van der Waals surface area contributed by atoms with Crippen LogP contribution in [-0.2, 0) is 5.75 Å². The first-order chi connectivity index (χ1) is 14.2. The van der Waals surface area contributed by atoms with Crippen molar-refractivity contribution in [3.05, 3.63) is 76.0 Å². The maximum atomic E-state index is 12.1. The van der Waals surface area contributed by atoms with Gasteiger partial charge in [0, 0.05) is 29.1 Å². The Hall–Kier alpha value is -2.95. The molecule has 1 N–H and O–H groups in total. The smallest absolute Gasteiger partial charge is 0.291 e. The first-order valence-corrected chi connectivity index (χ1v) is 11.2. The molecule has 0 aliphatic carbocycles. The minimum atomic E-state index is -0.296. The number of furan rings is 1. The van der Waals surface area contributed by atoms with Crippen LogP contribution in [0.15, 0.2) is 67.8 Å². The van der Waals surface area contributed by atoms with Gasteiger partial charge in [0.15, 0.2) is 15.1 Å². The largest absolute Gasteiger partial charge is 0.459 e. The molecule has 0 spiro atoms. The molecule has 0 bridgehead atoms. The number of nitrogens with zero attached hydrogens (tertiary/aromatic N) is 3. The second-order valence-corrected chi connectivity index (χ2v) is 9.15. The lowest BCUT2D eigenvalue weighted by molar-refractivity contribution is 0.0996. The lowest BCUT2D eigenvalue weighted by Crippen LogP contribution is -2.12. The predicted octanol–water partition coefficient (Wildman–Crippen LogP) is 4.50. The van der Waals surface area contributed by atoms with Gasteiger partial charge < -0.3 is 9.73 Å². The maximum absolute atomic E-state index is 12.1. The molecule has 4 aromatic heterocycles. The normalized spacial score (nSPS) is 11.3. The summed E-state index contributed by atoms with van der Waals surface area (Å²) in [6.45, 7) is 0. The summed E-state index contributed by atoms with van der Waals surface area (Å²) < 4.78 is 8.49. The molecule has 0 atom stereocenters. The number of fused-ring (bicyclic) bond motifs is 2. The standard InChI is InChI=1S/C19H12N4O3S3/c24-16-9-12(21-18-23(16)5-7-27-18)10-28-19-22-13-4-3-11(8-15(13)29-19)20-17(25)14-2-1-6-26-14/h1-9H,10H2,(H,20,25). The quantitative estimate of drug-likeness (QED) is 0.405. The van der Waals surface area contributed by atoms with Crippen molar-refractivity contribution < 1.29 is 9.21 Å². The Morgan fingerprint density at radius 1 is 1.24 bits per heavy atom. The molecule has 0 fully saturated rings. The Morgan fingerprint density at radius 2 is 2.17 bits per heavy atom. The molecule has 5 aromatic rings. The van der Waals surface area contributed by atoms with E-state index in [-0.39, 0.29) is 17.2 Å². The van der Waals surface area contributed by atoms with Crippen molar-refractivity contribution >= 4 is 61.2 Å². The van der Waals surface area contributed by atoms with Gasteiger partial charge in [-0.2, -0.15) is 0 Å². The van der Waals surface area contributed by atoms with Crippen molar-refractivity contribution in [1.82, 2.24) is 14.4 Å². The molecule has 4 heterocycles. The third-order valence-corrected chi connectivity index (χ3v) is 7.02. The zero-order valence-corrected chi connectivity index (χ0v) is 17.1. The summed E-state index contributed by atoms with van der Waals surface area (Å²) >= 11 is 4.50. The molecule has 144 valence electrons. The van der Waals surface area contributed by atoms with Gasteiger partial charge in [0.05, 0.1) is 22.2 Å². The van der Waals surface area contributed by atoms with Crippen LogP contribution in [0.5, 0.6) is 0 Å². The van der Waals surface area contributed by atoms with E-state index in [1.54, 1.807) is 24.4 Å². The summed E-state index contributed by atoms with van der Waals surface area (Å²) in [4.78, 5) is 34.0. The zero-order chi connectivity index (χ0) is 19.8. The summed E-state index contributed by atoms with van der Waals surface area (Å²) in [6, 6.07) is 10.4. The van der Waals surface area contributed by atoms with E-state index < -0.39 is 0 Å². The number of thioether (sulfide) groups is 1. The van der Waals surface area contributed by atoms with E-state index in [2.05, 4.69) is 15.3 Å². The van der Waals surface area contributed by atoms with E-state index in [1.807, 2.05) is 23.6 Å². The average Bonchev–Trinajstić information content (AvgIpc) is 3.45. The van der Waals surface area contributed by atoms with Crippen molar-refractivity contribution in [1.29, 1.82) is 0 Å². The zero-order valence-electron chi connectivity index (χ0n) is 14.7. The monoisotopic (exact) mass is 440 g/mol. The number of thiazole rings is 2. The molecule has 1 aromatic carbocycles. The number of aromatic nitrogens is 3. The fourth-order valence-electron chi connectivity index (χ4n) is 2.74. The van der Waals surface area contributed by atoms with Crippen LogP contribution in [0, 0.1) is 0 Å². The topological polar surface area (TPSA) is 89.5 Å². The molecule has 10 heteroatoms. The number of carbonyl (C=O) groups excluding carboxylic acids is 1. The SMILES string of the molecule is O=C(Nc1ccc2nc(SCc3cc(=O)n4ccsc4n3)sc2c1)c1ccco1. The van der Waals surface area contributed by atoms with Gasteiger partial charge in [-0.25, -0.2) is 9.97 Å². The first kappa shape index (κ1) is 18.1. The lowest BCUT2D eigenvalue weighted by Gasteiger charge is -2.02. The van der Waals surface area contributed by atoms with Crippen molar-refractivity contribution in [2.75, 3.05) is 5.32 Å². The highest BCUT2D eigenvalue weighted by atomic mass is 32.2. The minimum Gasteiger partial charge on any atom is -0.459 e. The Kier molecular flexibility index (Phi) is 4.66. The average molecular weight is 441 g/mol. The number of hydrogen-bond donors (Lipinski definition) is 1. The number of carbonyl (C=O) groups is 1. The molecular formula is C19H12N4O3S3. The molecule has 0 aliphatic rings. The Bertz CT molecular complexity index is 1390. The van der Waals surface area contributed by atoms with E-state index in [1.165, 1.54) is 45.1 Å². The molecular weight excluding hydrogens is 428 g/mol. The molecule has 1 amide bonds. The summed E-state index contributed by atoms with van der Waals surface area (Å²) in [7, 11) is 0. The fraction of sp³-hybridized carbons (Fsp3) is 0.0526. The number of nitrogens with one attached hydrogen (secondary N) is 1. The highest BCUT2D eigenvalue weighted by Crippen LogP contribution is 2.32. The second kappa shape index (κ2) is 7.47. The fourth-order valence-corrected chi connectivity index (χ4v) is 5.48. The Morgan fingerprint density at radius 3 is 3.03 bits per heavy atom. The number of amides is 1. The van der Waals surface area contributed by atoms with Crippen LogP contribution in [0.2, 0.25) is 0 Å². The van der Waals surface area contributed by atoms with Gasteiger partial charge in [-0.3, -0.25) is 14.0 Å². The van der Waals surface area contributed by atoms with E-state index in [9.17, 15) is 9.59 Å². The first-order valence-electron chi connectivity index (χ1n) is 8.50. The molecule has 0 saturated heterocycles. The van der Waals surface area contributed by atoms with Gasteiger partial charge in [0.2, 0.25) is 0 Å². The summed E-state index contributed by atoms with van der Waals surface area (Å²) in [5.74, 6) is 0.525. The van der Waals surface area contributed by atoms with Crippen LogP contribution >= 0.6 is 34.4 Å². The highest BCUT2D eigenvalue weighted by molar-refractivity contribution is 8.00. The van der Waals surface area contributed by atoms with Crippen LogP contribution in [0.4, 0.5) is 5.69 Å². The maximum Gasteiger partial charge on any atom is 0.291 e.